The Balaban J connectivity index is 2.27. The van der Waals surface area contributed by atoms with E-state index in [1.807, 2.05) is 0 Å². The van der Waals surface area contributed by atoms with Crippen molar-refractivity contribution in [2.24, 2.45) is 16.6 Å². The fourth-order valence-electron chi connectivity index (χ4n) is 1.82. The minimum atomic E-state index is -4.32. The lowest BCUT2D eigenvalue weighted by Crippen LogP contribution is -2.25. The molecule has 0 unspecified atom stereocenters. The van der Waals surface area contributed by atoms with E-state index < -0.39 is 27.6 Å². The molecule has 0 aliphatic heterocycles. The van der Waals surface area contributed by atoms with E-state index in [0.717, 1.165) is 0 Å². The quantitative estimate of drug-likeness (QED) is 0.288. The molecule has 0 saturated carbocycles. The van der Waals surface area contributed by atoms with Gasteiger partial charge in [0.15, 0.2) is 11.5 Å². The van der Waals surface area contributed by atoms with Crippen LogP contribution in [0, 0.1) is 0 Å². The molecular weight excluding hydrogens is 324 g/mol. The number of Topliss-reactive ketones (excluding diaryl/α,β-unsaturated/α-hetero) is 1. The number of hydrogen-bond donors (Lipinski definition) is 3. The number of aromatic hydroxyl groups is 1. The third kappa shape index (κ3) is 4.01. The number of carbonyl (C=O) groups is 1. The molecule has 0 spiro atoms. The largest absolute Gasteiger partial charge is 0.505 e. The van der Waals surface area contributed by atoms with Crippen molar-refractivity contribution in [2.45, 2.75) is 0 Å². The number of nitrogens with two attached hydrogens (primary N) is 2. The van der Waals surface area contributed by atoms with Gasteiger partial charge in [-0.25, -0.2) is 0 Å². The van der Waals surface area contributed by atoms with E-state index in [0.29, 0.717) is 5.69 Å². The Labute approximate surface area is 131 Å². The first-order valence-corrected chi connectivity index (χ1v) is 7.86. The maximum Gasteiger partial charge on any atom is 0.336 e. The third-order valence-corrected chi connectivity index (χ3v) is 3.68. The van der Waals surface area contributed by atoms with Gasteiger partial charge in [0.2, 0.25) is 5.96 Å². The fourth-order valence-corrected chi connectivity index (χ4v) is 2.55. The number of phenolic OH excluding ortho intramolecular Hbond substituents is 1. The van der Waals surface area contributed by atoms with Gasteiger partial charge < -0.3 is 21.1 Å². The molecule has 9 nitrogen and oxygen atoms in total. The maximum atomic E-state index is 12.1. The summed E-state index contributed by atoms with van der Waals surface area (Å²) in [7, 11) is -4.32. The monoisotopic (exact) mass is 338 g/mol. The zero-order valence-corrected chi connectivity index (χ0v) is 12.6. The van der Waals surface area contributed by atoms with Gasteiger partial charge >= 0.3 is 10.1 Å². The lowest BCUT2D eigenvalue weighted by Gasteiger charge is -2.10. The van der Waals surface area contributed by atoms with E-state index in [1.165, 1.54) is 12.1 Å². The molecule has 1 heterocycles. The van der Waals surface area contributed by atoms with E-state index >= 15 is 0 Å². The van der Waals surface area contributed by atoms with Crippen molar-refractivity contribution in [3.05, 3.63) is 48.3 Å². The number of benzene rings is 1. The first-order valence-electron chi connectivity index (χ1n) is 6.29. The van der Waals surface area contributed by atoms with E-state index in [1.54, 1.807) is 35.2 Å². The van der Waals surface area contributed by atoms with Crippen molar-refractivity contribution in [2.75, 3.05) is 5.75 Å². The highest BCUT2D eigenvalue weighted by molar-refractivity contribution is 7.87. The molecule has 122 valence electrons. The van der Waals surface area contributed by atoms with Crippen LogP contribution in [0.4, 0.5) is 0 Å². The zero-order chi connectivity index (χ0) is 17.0. The van der Waals surface area contributed by atoms with Crippen LogP contribution in [0.25, 0.3) is 5.69 Å². The number of hydrogen-bond acceptors (Lipinski definition) is 6. The Morgan fingerprint density at radius 1 is 1.22 bits per heavy atom. The molecule has 0 aliphatic carbocycles. The van der Waals surface area contributed by atoms with Crippen LogP contribution in [0.3, 0.4) is 0 Å². The van der Waals surface area contributed by atoms with Crippen LogP contribution in [0.2, 0.25) is 0 Å². The van der Waals surface area contributed by atoms with Gasteiger partial charge in [0.25, 0.3) is 0 Å². The van der Waals surface area contributed by atoms with Crippen molar-refractivity contribution < 1.29 is 22.6 Å². The predicted molar refractivity (Wildman–Crippen MR) is 82.4 cm³/mol. The Morgan fingerprint density at radius 3 is 2.48 bits per heavy atom. The molecule has 0 fully saturated rings. The number of aromatic nitrogens is 1. The number of para-hydroxylation sites is 1. The molecule has 5 N–H and O–H groups in total. The van der Waals surface area contributed by atoms with E-state index in [2.05, 4.69) is 9.44 Å². The minimum absolute atomic E-state index is 0.159. The van der Waals surface area contributed by atoms with Crippen molar-refractivity contribution in [1.82, 2.24) is 4.57 Å². The highest BCUT2D eigenvalue weighted by atomic mass is 32.2. The molecule has 23 heavy (non-hydrogen) atoms. The molecule has 2 rings (SSSR count). The van der Waals surface area contributed by atoms with Gasteiger partial charge in [0.1, 0.15) is 5.75 Å². The van der Waals surface area contributed by atoms with Crippen LogP contribution >= 0.6 is 0 Å². The number of ketones is 1. The van der Waals surface area contributed by atoms with E-state index in [9.17, 15) is 18.3 Å². The number of nitrogens with zero attached hydrogens (tertiary/aromatic N) is 2. The van der Waals surface area contributed by atoms with Gasteiger partial charge in [-0.1, -0.05) is 6.07 Å². The van der Waals surface area contributed by atoms with Gasteiger partial charge in [-0.3, -0.25) is 9.08 Å². The molecule has 10 heteroatoms. The van der Waals surface area contributed by atoms with Crippen LogP contribution in [0.1, 0.15) is 10.4 Å². The van der Waals surface area contributed by atoms with Gasteiger partial charge in [-0.2, -0.15) is 8.42 Å². The molecule has 0 saturated heterocycles. The second-order valence-electron chi connectivity index (χ2n) is 4.48. The average molecular weight is 338 g/mol. The predicted octanol–water partition coefficient (Wildman–Crippen LogP) is -0.0996. The fraction of sp³-hybridized carbons (Fsp3) is 0.0769. The van der Waals surface area contributed by atoms with E-state index in [4.69, 9.17) is 11.5 Å². The molecule has 0 bridgehead atoms. The summed E-state index contributed by atoms with van der Waals surface area (Å²) < 4.78 is 28.9. The molecule has 1 aromatic carbocycles. The summed E-state index contributed by atoms with van der Waals surface area (Å²) >= 11 is 0. The topological polar surface area (TPSA) is 150 Å². The number of rotatable bonds is 6. The van der Waals surface area contributed by atoms with Crippen molar-refractivity contribution >= 4 is 21.9 Å². The van der Waals surface area contributed by atoms with Crippen LogP contribution in [-0.4, -0.2) is 35.6 Å². The van der Waals surface area contributed by atoms with E-state index in [-0.39, 0.29) is 11.3 Å². The molecule has 0 atom stereocenters. The summed E-state index contributed by atoms with van der Waals surface area (Å²) in [6, 6.07) is 7.88. The molecule has 1 aromatic heterocycles. The summed E-state index contributed by atoms with van der Waals surface area (Å²) in [5.74, 6) is -2.82. The summed E-state index contributed by atoms with van der Waals surface area (Å²) in [5.41, 5.74) is 10.1. The SMILES string of the molecule is NC(N)=NOS(=O)(=O)CC(=O)c1cccc(-n2cccc2)c1O. The highest BCUT2D eigenvalue weighted by Gasteiger charge is 2.23. The molecule has 0 amide bonds. The minimum Gasteiger partial charge on any atom is -0.505 e. The summed E-state index contributed by atoms with van der Waals surface area (Å²) in [4.78, 5) is 12.1. The molecule has 0 aliphatic rings. The summed E-state index contributed by atoms with van der Waals surface area (Å²) in [6.45, 7) is 0. The van der Waals surface area contributed by atoms with Crippen LogP contribution in [-0.2, 0) is 14.4 Å². The van der Waals surface area contributed by atoms with Gasteiger partial charge in [0, 0.05) is 12.4 Å². The van der Waals surface area contributed by atoms with Crippen LogP contribution in [0.15, 0.2) is 47.9 Å². The van der Waals surface area contributed by atoms with Gasteiger partial charge in [-0.05, 0) is 29.4 Å². The number of oxime groups is 1. The first kappa shape index (κ1) is 16.4. The number of guanidine groups is 1. The summed E-state index contributed by atoms with van der Waals surface area (Å²) in [6.07, 6.45) is 3.34. The number of phenols is 1. The van der Waals surface area contributed by atoms with Crippen LogP contribution in [0.5, 0.6) is 5.75 Å². The maximum absolute atomic E-state index is 12.1. The van der Waals surface area contributed by atoms with Crippen molar-refractivity contribution in [3.63, 3.8) is 0 Å². The molecule has 2 aromatic rings. The van der Waals surface area contributed by atoms with Gasteiger partial charge in [0.05, 0.1) is 11.3 Å². The normalized spacial score (nSPS) is 11.0. The van der Waals surface area contributed by atoms with Crippen molar-refractivity contribution in [1.29, 1.82) is 0 Å². The number of carbonyl (C=O) groups excluding carboxylic acids is 1. The van der Waals surface area contributed by atoms with Crippen molar-refractivity contribution in [3.8, 4) is 11.4 Å². The standard InChI is InChI=1S/C13H14N4O5S/c14-13(15)16-22-23(20,21)8-11(18)9-4-3-5-10(12(9)19)17-6-1-2-7-17/h1-7,19H,8H2,(H4,14,15,16). The molecule has 0 radical (unpaired) electrons. The van der Waals surface area contributed by atoms with Gasteiger partial charge in [-0.15, -0.1) is 0 Å². The Hall–Kier alpha value is -3.01. The average Bonchev–Trinajstić information content (AvgIpc) is 2.99. The molecular formula is C13H14N4O5S. The Bertz CT molecular complexity index is 839. The summed E-state index contributed by atoms with van der Waals surface area (Å²) in [5, 5.41) is 13.1. The first-order chi connectivity index (χ1) is 10.8. The van der Waals surface area contributed by atoms with Crippen LogP contribution < -0.4 is 11.5 Å². The third-order valence-electron chi connectivity index (χ3n) is 2.76. The smallest absolute Gasteiger partial charge is 0.336 e. The zero-order valence-electron chi connectivity index (χ0n) is 11.8. The lowest BCUT2D eigenvalue weighted by molar-refractivity contribution is 0.101. The Morgan fingerprint density at radius 2 is 1.87 bits per heavy atom. The second-order valence-corrected chi connectivity index (χ2v) is 6.03. The lowest BCUT2D eigenvalue weighted by atomic mass is 10.1. The Kier molecular flexibility index (Phi) is 4.55. The second kappa shape index (κ2) is 6.40. The highest BCUT2D eigenvalue weighted by Crippen LogP contribution is 2.27.